The molecule has 0 aliphatic carbocycles. The first-order chi connectivity index (χ1) is 16.7. The molecule has 168 valence electrons. The minimum absolute atomic E-state index is 0.0554. The van der Waals surface area contributed by atoms with Gasteiger partial charge in [0.25, 0.3) is 5.91 Å². The van der Waals surface area contributed by atoms with Gasteiger partial charge >= 0.3 is 0 Å². The molecule has 0 bridgehead atoms. The molecule has 1 amide bonds. The Morgan fingerprint density at radius 1 is 1.03 bits per heavy atom. The van der Waals surface area contributed by atoms with Crippen molar-refractivity contribution in [2.45, 2.75) is 25.9 Å². The van der Waals surface area contributed by atoms with Gasteiger partial charge in [0.2, 0.25) is 0 Å². The monoisotopic (exact) mass is 446 g/mol. The minimum Gasteiger partial charge on any atom is -0.356 e. The van der Waals surface area contributed by atoms with Gasteiger partial charge in [0.15, 0.2) is 0 Å². The summed E-state index contributed by atoms with van der Waals surface area (Å²) in [6.45, 7) is 3.44. The summed E-state index contributed by atoms with van der Waals surface area (Å²) < 4.78 is 1.87. The van der Waals surface area contributed by atoms with Crippen LogP contribution in [0.1, 0.15) is 44.3 Å². The lowest BCUT2D eigenvalue weighted by molar-refractivity contribution is 0.0691. The highest BCUT2D eigenvalue weighted by molar-refractivity contribution is 5.96. The average molecular weight is 447 g/mol. The van der Waals surface area contributed by atoms with Crippen molar-refractivity contribution in [2.24, 2.45) is 0 Å². The molecular formula is C29H26N4O. The molecule has 1 atom stereocenters. The number of para-hydroxylation sites is 1. The van der Waals surface area contributed by atoms with Gasteiger partial charge in [-0.05, 0) is 59.9 Å². The van der Waals surface area contributed by atoms with Crippen LogP contribution in [0.4, 0.5) is 0 Å². The Morgan fingerprint density at radius 3 is 2.74 bits per heavy atom. The van der Waals surface area contributed by atoms with Crippen LogP contribution < -0.4 is 0 Å². The molecule has 1 N–H and O–H groups in total. The molecule has 0 saturated carbocycles. The topological polar surface area (TPSA) is 53.9 Å². The highest BCUT2D eigenvalue weighted by atomic mass is 16.2. The maximum absolute atomic E-state index is 14.0. The smallest absolute Gasteiger partial charge is 0.254 e. The van der Waals surface area contributed by atoms with Crippen LogP contribution in [-0.4, -0.2) is 32.1 Å². The first-order valence-corrected chi connectivity index (χ1v) is 11.7. The molecular weight excluding hydrogens is 420 g/mol. The standard InChI is InChI=1S/C29H26N4O/c1-20-8-2-3-11-23(20)28-27-25(24-12-4-5-13-26(24)31-27)14-17-33(28)29(34)22-10-6-9-21(18-22)19-32-16-7-15-30-32/h2-13,15-16,18,28,31H,14,17,19H2,1H3/t28-/m0/s1. The van der Waals surface area contributed by atoms with Crippen LogP contribution in [0.3, 0.4) is 0 Å². The van der Waals surface area contributed by atoms with Crippen LogP contribution in [-0.2, 0) is 13.0 Å². The van der Waals surface area contributed by atoms with Crippen LogP contribution in [0.15, 0.2) is 91.3 Å². The summed E-state index contributed by atoms with van der Waals surface area (Å²) in [5.41, 5.74) is 7.69. The van der Waals surface area contributed by atoms with Gasteiger partial charge in [0.05, 0.1) is 12.6 Å². The summed E-state index contributed by atoms with van der Waals surface area (Å²) in [5, 5.41) is 5.55. The third-order valence-electron chi connectivity index (χ3n) is 6.86. The zero-order chi connectivity index (χ0) is 23.1. The summed E-state index contributed by atoms with van der Waals surface area (Å²) in [6.07, 6.45) is 4.54. The van der Waals surface area contributed by atoms with E-state index in [1.165, 1.54) is 16.5 Å². The van der Waals surface area contributed by atoms with E-state index in [-0.39, 0.29) is 11.9 Å². The number of hydrogen-bond acceptors (Lipinski definition) is 2. The second-order valence-electron chi connectivity index (χ2n) is 8.97. The predicted octanol–water partition coefficient (Wildman–Crippen LogP) is 5.51. The van der Waals surface area contributed by atoms with Crippen LogP contribution in [0.25, 0.3) is 10.9 Å². The fourth-order valence-electron chi connectivity index (χ4n) is 5.23. The molecule has 0 radical (unpaired) electrons. The number of H-pyrrole nitrogens is 1. The first-order valence-electron chi connectivity index (χ1n) is 11.7. The number of nitrogens with one attached hydrogen (secondary N) is 1. The van der Waals surface area contributed by atoms with Gasteiger partial charge in [0, 0.05) is 41.1 Å². The fraction of sp³-hybridized carbons (Fsp3) is 0.172. The van der Waals surface area contributed by atoms with Crippen LogP contribution >= 0.6 is 0 Å². The number of hydrogen-bond donors (Lipinski definition) is 1. The van der Waals surface area contributed by atoms with E-state index in [1.807, 2.05) is 46.1 Å². The van der Waals surface area contributed by atoms with E-state index >= 15 is 0 Å². The summed E-state index contributed by atoms with van der Waals surface area (Å²) in [4.78, 5) is 19.7. The number of rotatable bonds is 4. The SMILES string of the molecule is Cc1ccccc1[C@H]1c2[nH]c3ccccc3c2CCN1C(=O)c1cccc(Cn2cccn2)c1. The summed E-state index contributed by atoms with van der Waals surface area (Å²) in [7, 11) is 0. The summed E-state index contributed by atoms with van der Waals surface area (Å²) in [6, 6.07) is 26.5. The lowest BCUT2D eigenvalue weighted by Crippen LogP contribution is -2.41. The minimum atomic E-state index is -0.153. The Bertz CT molecular complexity index is 1480. The lowest BCUT2D eigenvalue weighted by atomic mass is 9.89. The molecule has 5 heteroatoms. The van der Waals surface area contributed by atoms with Crippen molar-refractivity contribution in [3.63, 3.8) is 0 Å². The highest BCUT2D eigenvalue weighted by Crippen LogP contribution is 2.40. The van der Waals surface area contributed by atoms with Gasteiger partial charge in [-0.15, -0.1) is 0 Å². The number of carbonyl (C=O) groups is 1. The van der Waals surface area contributed by atoms with Crippen molar-refractivity contribution in [3.05, 3.63) is 125 Å². The van der Waals surface area contributed by atoms with Crippen LogP contribution in [0.5, 0.6) is 0 Å². The number of aromatic amines is 1. The predicted molar refractivity (Wildman–Crippen MR) is 134 cm³/mol. The molecule has 1 aliphatic heterocycles. The van der Waals surface area contributed by atoms with E-state index in [9.17, 15) is 4.79 Å². The first kappa shape index (κ1) is 20.5. The van der Waals surface area contributed by atoms with E-state index in [0.717, 1.165) is 28.8 Å². The number of aromatic nitrogens is 3. The molecule has 0 unspecified atom stereocenters. The Hall–Kier alpha value is -4.12. The third kappa shape index (κ3) is 3.50. The van der Waals surface area contributed by atoms with Crippen molar-refractivity contribution >= 4 is 16.8 Å². The Labute approximate surface area is 198 Å². The second kappa shape index (κ2) is 8.34. The third-order valence-corrected chi connectivity index (χ3v) is 6.86. The van der Waals surface area contributed by atoms with Gasteiger partial charge in [-0.3, -0.25) is 9.48 Å². The molecule has 0 saturated heterocycles. The van der Waals surface area contributed by atoms with Gasteiger partial charge < -0.3 is 9.88 Å². The lowest BCUT2D eigenvalue weighted by Gasteiger charge is -2.37. The van der Waals surface area contributed by atoms with Crippen LogP contribution in [0, 0.1) is 6.92 Å². The molecule has 2 aromatic heterocycles. The van der Waals surface area contributed by atoms with Crippen molar-refractivity contribution in [1.29, 1.82) is 0 Å². The normalized spacial score (nSPS) is 15.4. The van der Waals surface area contributed by atoms with Gasteiger partial charge in [-0.2, -0.15) is 5.10 Å². The van der Waals surface area contributed by atoms with Gasteiger partial charge in [-0.25, -0.2) is 0 Å². The second-order valence-corrected chi connectivity index (χ2v) is 8.97. The van der Waals surface area contributed by atoms with E-state index in [0.29, 0.717) is 18.7 Å². The molecule has 0 fully saturated rings. The molecule has 3 heterocycles. The number of amides is 1. The zero-order valence-corrected chi connectivity index (χ0v) is 19.1. The van der Waals surface area contributed by atoms with Crippen molar-refractivity contribution in [2.75, 3.05) is 6.54 Å². The molecule has 1 aliphatic rings. The molecule has 5 nitrogen and oxygen atoms in total. The number of carbonyl (C=O) groups excluding carboxylic acids is 1. The van der Waals surface area contributed by atoms with Crippen molar-refractivity contribution < 1.29 is 4.79 Å². The molecule has 3 aromatic carbocycles. The van der Waals surface area contributed by atoms with E-state index in [2.05, 4.69) is 65.5 Å². The highest BCUT2D eigenvalue weighted by Gasteiger charge is 2.35. The van der Waals surface area contributed by atoms with E-state index in [4.69, 9.17) is 0 Å². The molecule has 6 rings (SSSR count). The zero-order valence-electron chi connectivity index (χ0n) is 19.1. The van der Waals surface area contributed by atoms with Crippen molar-refractivity contribution in [3.8, 4) is 0 Å². The summed E-state index contributed by atoms with van der Waals surface area (Å²) in [5.74, 6) is 0.0554. The molecule has 5 aromatic rings. The largest absolute Gasteiger partial charge is 0.356 e. The molecule has 0 spiro atoms. The summed E-state index contributed by atoms with van der Waals surface area (Å²) >= 11 is 0. The number of benzene rings is 3. The number of nitrogens with zero attached hydrogens (tertiary/aromatic N) is 3. The quantitative estimate of drug-likeness (QED) is 0.396. The van der Waals surface area contributed by atoms with Crippen molar-refractivity contribution in [1.82, 2.24) is 19.7 Å². The Morgan fingerprint density at radius 2 is 1.88 bits per heavy atom. The average Bonchev–Trinajstić information content (AvgIpc) is 3.51. The van der Waals surface area contributed by atoms with Crippen LogP contribution in [0.2, 0.25) is 0 Å². The number of fused-ring (bicyclic) bond motifs is 3. The Balaban J connectivity index is 1.43. The Kier molecular flexibility index (Phi) is 5.02. The van der Waals surface area contributed by atoms with E-state index in [1.54, 1.807) is 6.20 Å². The van der Waals surface area contributed by atoms with Gasteiger partial charge in [-0.1, -0.05) is 54.6 Å². The number of aryl methyl sites for hydroxylation is 1. The maximum atomic E-state index is 14.0. The van der Waals surface area contributed by atoms with E-state index < -0.39 is 0 Å². The maximum Gasteiger partial charge on any atom is 0.254 e. The fourth-order valence-corrected chi connectivity index (χ4v) is 5.23. The van der Waals surface area contributed by atoms with Gasteiger partial charge in [0.1, 0.15) is 0 Å². The molecule has 34 heavy (non-hydrogen) atoms.